The van der Waals surface area contributed by atoms with Crippen LogP contribution >= 0.6 is 0 Å². The molecule has 0 unspecified atom stereocenters. The molecule has 0 bridgehead atoms. The smallest absolute Gasteiger partial charge is 0.136 e. The van der Waals surface area contributed by atoms with Crippen LogP contribution in [-0.2, 0) is 0 Å². The first-order valence-electron chi connectivity index (χ1n) is 23.5. The molecule has 1 aromatic heterocycles. The predicted octanol–water partition coefficient (Wildman–Crippen LogP) is 12.0. The fourth-order valence-electron chi connectivity index (χ4n) is 5.48. The van der Waals surface area contributed by atoms with Gasteiger partial charge in [0.25, 0.3) is 0 Å². The quantitative estimate of drug-likeness (QED) is 0.194. The van der Waals surface area contributed by atoms with Gasteiger partial charge in [-0.1, -0.05) is 139 Å². The number of hydrogen-bond donors (Lipinski definition) is 0. The van der Waals surface area contributed by atoms with Gasteiger partial charge in [0.15, 0.2) is 0 Å². The van der Waals surface area contributed by atoms with Crippen molar-refractivity contribution in [2.75, 3.05) is 0 Å². The van der Waals surface area contributed by atoms with Crippen molar-refractivity contribution in [1.29, 1.82) is 0 Å². The lowest BCUT2D eigenvalue weighted by Gasteiger charge is -2.18. The maximum absolute atomic E-state index is 9.46. The Morgan fingerprint density at radius 3 is 1.63 bits per heavy atom. The maximum Gasteiger partial charge on any atom is 0.136 e. The minimum Gasteiger partial charge on any atom is -0.456 e. The van der Waals surface area contributed by atoms with E-state index in [-0.39, 0.29) is 101 Å². The molecule has 0 radical (unpaired) electrons. The Kier molecular flexibility index (Phi) is 2.46. The molecule has 0 aliphatic rings. The van der Waals surface area contributed by atoms with Gasteiger partial charge in [0.2, 0.25) is 0 Å². The minimum absolute atomic E-state index is 0.0189. The van der Waals surface area contributed by atoms with Gasteiger partial charge in [-0.2, -0.15) is 0 Å². The second kappa shape index (κ2) is 9.44. The second-order valence-corrected chi connectivity index (χ2v) is 9.65. The number of furan rings is 1. The van der Waals surface area contributed by atoms with Gasteiger partial charge < -0.3 is 4.42 Å². The van der Waals surface area contributed by atoms with E-state index in [0.717, 1.165) is 6.07 Å². The third-order valence-electron chi connectivity index (χ3n) is 7.34. The molecule has 0 aliphatic heterocycles. The molecule has 0 aliphatic carbocycles. The van der Waals surface area contributed by atoms with E-state index in [1.807, 2.05) is 0 Å². The zero-order valence-corrected chi connectivity index (χ0v) is 21.8. The molecule has 1 nitrogen and oxygen atoms in total. The lowest BCUT2D eigenvalue weighted by Crippen LogP contribution is -1.91. The van der Waals surface area contributed by atoms with E-state index >= 15 is 0 Å². The molecule has 9 aromatic rings. The van der Waals surface area contributed by atoms with Crippen LogP contribution in [0.1, 0.15) is 28.8 Å². The molecule has 0 fully saturated rings. The summed E-state index contributed by atoms with van der Waals surface area (Å²) in [6.07, 6.45) is 0. The highest BCUT2D eigenvalue weighted by Gasteiger charge is 2.18. The van der Waals surface area contributed by atoms with Gasteiger partial charge in [0.1, 0.15) is 11.2 Å². The van der Waals surface area contributed by atoms with Crippen LogP contribution in [-0.4, -0.2) is 0 Å². The third-order valence-corrected chi connectivity index (χ3v) is 7.34. The van der Waals surface area contributed by atoms with Gasteiger partial charge >= 0.3 is 0 Å². The Balaban J connectivity index is 1.45. The zero-order chi connectivity index (χ0) is 46.6. The van der Waals surface area contributed by atoms with Crippen LogP contribution in [0.2, 0.25) is 0 Å². The summed E-state index contributed by atoms with van der Waals surface area (Å²) in [7, 11) is 0. The molecule has 9 rings (SSSR count). The zero-order valence-electron chi connectivity index (χ0n) is 42.8. The number of hydrogen-bond acceptors (Lipinski definition) is 1. The Labute approximate surface area is 278 Å². The van der Waals surface area contributed by atoms with Crippen molar-refractivity contribution in [2.24, 2.45) is 0 Å². The van der Waals surface area contributed by atoms with Gasteiger partial charge in [0, 0.05) is 10.8 Å². The summed E-state index contributed by atoms with van der Waals surface area (Å²) in [5.74, 6) is 0. The van der Waals surface area contributed by atoms with E-state index in [2.05, 4.69) is 0 Å². The molecular weight excluding hydrogens is 520 g/mol. The standard InChI is InChI=1S/C42H26O/c1-2-12-31-27(10-1)11-9-18-32(31)28-20-22-29(23-21-28)41-35-14-3-5-16-37(35)42(38-17-6-4-15-36(38)41)30-24-25-34-33-13-7-8-19-39(33)43-40(34)26-30/h1-26H/i1D,2D,3D,4D,5D,6D,7D,8D,9D,10D,11D,12D,13D,19D,20D,21D,22D,23D,24D,25D,26D. The maximum atomic E-state index is 9.46. The average molecular weight is 568 g/mol. The highest BCUT2D eigenvalue weighted by Crippen LogP contribution is 2.45. The van der Waals surface area contributed by atoms with Crippen molar-refractivity contribution in [3.8, 4) is 33.4 Å². The van der Waals surface area contributed by atoms with Crippen molar-refractivity contribution < 1.29 is 33.2 Å². The average Bonchev–Trinajstić information content (AvgIpc) is 3.66. The van der Waals surface area contributed by atoms with Crippen molar-refractivity contribution in [2.45, 2.75) is 0 Å². The second-order valence-electron chi connectivity index (χ2n) is 9.65. The summed E-state index contributed by atoms with van der Waals surface area (Å²) in [5, 5.41) is -1.24. The summed E-state index contributed by atoms with van der Waals surface area (Å²) in [6.45, 7) is 0. The summed E-state index contributed by atoms with van der Waals surface area (Å²) in [5.41, 5.74) is -2.40. The highest BCUT2D eigenvalue weighted by atomic mass is 16.3. The van der Waals surface area contributed by atoms with E-state index in [9.17, 15) is 8.22 Å². The molecule has 0 spiro atoms. The normalized spacial score (nSPS) is 18.6. The van der Waals surface area contributed by atoms with Crippen molar-refractivity contribution in [3.05, 3.63) is 157 Å². The summed E-state index contributed by atoms with van der Waals surface area (Å²) >= 11 is 0. The Morgan fingerprint density at radius 2 is 0.907 bits per heavy atom. The molecule has 43 heavy (non-hydrogen) atoms. The van der Waals surface area contributed by atoms with Crippen LogP contribution in [0, 0.1) is 0 Å². The Bertz CT molecular complexity index is 3590. The predicted molar refractivity (Wildman–Crippen MR) is 183 cm³/mol. The monoisotopic (exact) mass is 567 g/mol. The molecule has 1 heteroatoms. The fraction of sp³-hybridized carbons (Fsp3) is 0. The summed E-state index contributed by atoms with van der Waals surface area (Å²) in [6, 6.07) is -6.55. The van der Waals surface area contributed by atoms with Crippen molar-refractivity contribution in [3.63, 3.8) is 0 Å². The first-order valence-corrected chi connectivity index (χ1v) is 13.0. The molecule has 0 amide bonds. The van der Waals surface area contributed by atoms with E-state index in [1.54, 1.807) is 0 Å². The van der Waals surface area contributed by atoms with Crippen LogP contribution < -0.4 is 0 Å². The van der Waals surface area contributed by atoms with Gasteiger partial charge in [-0.15, -0.1) is 0 Å². The third kappa shape index (κ3) is 3.72. The molecule has 0 atom stereocenters. The lowest BCUT2D eigenvalue weighted by atomic mass is 9.85. The van der Waals surface area contributed by atoms with E-state index in [1.165, 1.54) is 24.3 Å². The van der Waals surface area contributed by atoms with Crippen LogP contribution in [0.3, 0.4) is 0 Å². The molecule has 0 N–H and O–H groups in total. The molecule has 8 aromatic carbocycles. The van der Waals surface area contributed by atoms with Gasteiger partial charge in [-0.05, 0) is 83.8 Å². The summed E-state index contributed by atoms with van der Waals surface area (Å²) < 4.78 is 190. The number of benzene rings is 8. The topological polar surface area (TPSA) is 13.1 Å². The number of para-hydroxylation sites is 1. The highest BCUT2D eigenvalue weighted by molar-refractivity contribution is 6.22. The molecule has 0 saturated carbocycles. The van der Waals surface area contributed by atoms with E-state index in [0.29, 0.717) is 0 Å². The largest absolute Gasteiger partial charge is 0.456 e. The molecule has 1 heterocycles. The number of rotatable bonds is 3. The molecule has 0 saturated heterocycles. The Hall–Kier alpha value is -5.66. The van der Waals surface area contributed by atoms with Gasteiger partial charge in [-0.25, -0.2) is 0 Å². The first-order chi connectivity index (χ1) is 30.0. The summed E-state index contributed by atoms with van der Waals surface area (Å²) in [4.78, 5) is 0. The SMILES string of the molecule is [2H]c1cc2c(-c3c([2H])c([2H])c(-c4cc([2H])c([2H])c5c([2H])c([2H])c([2H])c([2H])c45)c([2H])c3[2H])c3cc([2H])c([2H])cc3c(-c3c([2H])c([2H])c4c(oc5c([2H])c([2H])c([2H])c([2H])c54)c3[2H])c2cc1[2H]. The van der Waals surface area contributed by atoms with Crippen LogP contribution in [0.25, 0.3) is 87.6 Å². The minimum atomic E-state index is -0.732. The number of fused-ring (bicyclic) bond motifs is 6. The first kappa shape index (κ1) is 11.2. The van der Waals surface area contributed by atoms with Crippen LogP contribution in [0.5, 0.6) is 0 Å². The van der Waals surface area contributed by atoms with Crippen LogP contribution in [0.15, 0.2) is 162 Å². The van der Waals surface area contributed by atoms with Gasteiger partial charge in [0.05, 0.1) is 28.8 Å². The molecular formula is C42H26O. The van der Waals surface area contributed by atoms with Crippen molar-refractivity contribution >= 4 is 54.3 Å². The molecule has 200 valence electrons. The van der Waals surface area contributed by atoms with Gasteiger partial charge in [-0.3, -0.25) is 0 Å². The van der Waals surface area contributed by atoms with E-state index in [4.69, 9.17) is 25.0 Å². The fourth-order valence-corrected chi connectivity index (χ4v) is 5.48. The Morgan fingerprint density at radius 1 is 0.372 bits per heavy atom. The van der Waals surface area contributed by atoms with E-state index < -0.39 is 114 Å². The lowest BCUT2D eigenvalue weighted by molar-refractivity contribution is 0.669. The van der Waals surface area contributed by atoms with Crippen molar-refractivity contribution in [1.82, 2.24) is 0 Å². The van der Waals surface area contributed by atoms with Crippen LogP contribution in [0.4, 0.5) is 0 Å².